The van der Waals surface area contributed by atoms with Gasteiger partial charge in [0.25, 0.3) is 0 Å². The number of hydrogen-bond donors (Lipinski definition) is 0. The Kier molecular flexibility index (Phi) is 11.0. The zero-order valence-corrected chi connectivity index (χ0v) is 19.4. The van der Waals surface area contributed by atoms with Crippen molar-refractivity contribution in [2.24, 2.45) is 15.5 Å². The first kappa shape index (κ1) is 25.5. The first-order chi connectivity index (χ1) is 14.0. The monoisotopic (exact) mass is 491 g/mol. The van der Waals surface area contributed by atoms with Gasteiger partial charge in [-0.1, -0.05) is 34.1 Å². The largest absolute Gasteiger partial charge is 0.417 e. The standard InChI is InChI=1S/C20H18F2N3O4.Y/c1-13(20(25-28-3)17-9-8-15(21)10-18(17)22)23-29-12-14-6-4-5-7-16(14)19(11-26)24-27-2;/h4-10H,12H2,1-3H3;/q-1;/b23-13+,24-19-,25-20-;. The molecule has 0 spiro atoms. The second-order valence-corrected chi connectivity index (χ2v) is 5.58. The summed E-state index contributed by atoms with van der Waals surface area (Å²) in [6, 6.07) is 9.90. The Morgan fingerprint density at radius 3 is 2.33 bits per heavy atom. The number of carbonyl (C=O) groups excluding carboxylic acids is 1. The zero-order valence-electron chi connectivity index (χ0n) is 16.6. The zero-order chi connectivity index (χ0) is 21.2. The molecule has 0 aromatic heterocycles. The molecular weight excluding hydrogens is 473 g/mol. The fourth-order valence-electron chi connectivity index (χ4n) is 2.42. The van der Waals surface area contributed by atoms with Gasteiger partial charge in [-0.3, -0.25) is 0 Å². The van der Waals surface area contributed by atoms with Crippen LogP contribution in [0.3, 0.4) is 0 Å². The van der Waals surface area contributed by atoms with Crippen LogP contribution in [0.25, 0.3) is 0 Å². The van der Waals surface area contributed by atoms with Crippen molar-refractivity contribution in [3.63, 3.8) is 0 Å². The fourth-order valence-corrected chi connectivity index (χ4v) is 2.42. The van der Waals surface area contributed by atoms with Crippen molar-refractivity contribution in [3.05, 3.63) is 70.8 Å². The Morgan fingerprint density at radius 2 is 1.70 bits per heavy atom. The molecule has 0 unspecified atom stereocenters. The average molecular weight is 491 g/mol. The molecule has 7 nitrogen and oxygen atoms in total. The average Bonchev–Trinajstić information content (AvgIpc) is 2.71. The van der Waals surface area contributed by atoms with E-state index in [1.54, 1.807) is 30.6 Å². The quantitative estimate of drug-likeness (QED) is 0.306. The van der Waals surface area contributed by atoms with Crippen LogP contribution in [0.15, 0.2) is 57.9 Å². The van der Waals surface area contributed by atoms with E-state index in [1.807, 2.05) is 0 Å². The maximum atomic E-state index is 14.1. The molecule has 0 atom stereocenters. The number of halogens is 2. The summed E-state index contributed by atoms with van der Waals surface area (Å²) in [6.45, 7) is 1.51. The van der Waals surface area contributed by atoms with Crippen molar-refractivity contribution < 1.29 is 60.8 Å². The molecule has 2 aromatic rings. The summed E-state index contributed by atoms with van der Waals surface area (Å²) in [6.07, 6.45) is 1.70. The smallest absolute Gasteiger partial charge is 0.137 e. The fraction of sp³-hybridized carbons (Fsp3) is 0.200. The van der Waals surface area contributed by atoms with Crippen LogP contribution in [0, 0.1) is 11.6 Å². The molecule has 30 heavy (non-hydrogen) atoms. The van der Waals surface area contributed by atoms with Gasteiger partial charge in [0.1, 0.15) is 43.9 Å². The summed E-state index contributed by atoms with van der Waals surface area (Å²) >= 11 is 0. The third-order valence-electron chi connectivity index (χ3n) is 3.68. The van der Waals surface area contributed by atoms with E-state index >= 15 is 0 Å². The van der Waals surface area contributed by atoms with Gasteiger partial charge in [0.05, 0.1) is 0 Å². The molecule has 0 saturated carbocycles. The Balaban J connectivity index is 0.00000450. The van der Waals surface area contributed by atoms with Crippen molar-refractivity contribution in [1.82, 2.24) is 0 Å². The van der Waals surface area contributed by atoms with Gasteiger partial charge in [-0.15, -0.1) is 16.8 Å². The van der Waals surface area contributed by atoms with Crippen molar-refractivity contribution >= 4 is 23.4 Å². The van der Waals surface area contributed by atoms with Crippen LogP contribution >= 0.6 is 0 Å². The number of nitrogens with zero attached hydrogens (tertiary/aromatic N) is 3. The second-order valence-electron chi connectivity index (χ2n) is 5.58. The summed E-state index contributed by atoms with van der Waals surface area (Å²) in [7, 11) is 2.60. The number of oxime groups is 3. The Labute approximate surface area is 197 Å². The Hall–Kier alpha value is -2.52. The molecule has 0 heterocycles. The van der Waals surface area contributed by atoms with Crippen LogP contribution in [0.2, 0.25) is 0 Å². The van der Waals surface area contributed by atoms with Crippen LogP contribution in [-0.4, -0.2) is 37.6 Å². The molecule has 2 aromatic carbocycles. The topological polar surface area (TPSA) is 81.8 Å². The van der Waals surface area contributed by atoms with Gasteiger partial charge >= 0.3 is 0 Å². The predicted octanol–water partition coefficient (Wildman–Crippen LogP) is 3.37. The van der Waals surface area contributed by atoms with E-state index in [9.17, 15) is 13.6 Å². The minimum absolute atomic E-state index is 0. The molecule has 0 saturated heterocycles. The number of rotatable bonds is 9. The van der Waals surface area contributed by atoms with Gasteiger partial charge in [-0.2, -0.15) is 0 Å². The van der Waals surface area contributed by atoms with Crippen molar-refractivity contribution in [3.8, 4) is 0 Å². The predicted molar refractivity (Wildman–Crippen MR) is 103 cm³/mol. The molecule has 0 aliphatic carbocycles. The molecule has 155 valence electrons. The first-order valence-corrected chi connectivity index (χ1v) is 8.32. The van der Waals surface area contributed by atoms with E-state index in [4.69, 9.17) is 9.68 Å². The summed E-state index contributed by atoms with van der Waals surface area (Å²) < 4.78 is 27.3. The van der Waals surface area contributed by atoms with Crippen molar-refractivity contribution in [2.45, 2.75) is 13.5 Å². The van der Waals surface area contributed by atoms with E-state index in [0.29, 0.717) is 11.1 Å². The molecule has 0 amide bonds. The Bertz CT molecular complexity index is 965. The van der Waals surface area contributed by atoms with Gasteiger partial charge in [0, 0.05) is 50.6 Å². The van der Waals surface area contributed by atoms with Gasteiger partial charge in [-0.05, 0) is 24.8 Å². The molecular formula is C20H18F2N3O4Y-. The molecule has 0 aliphatic heterocycles. The first-order valence-electron chi connectivity index (χ1n) is 8.32. The van der Waals surface area contributed by atoms with Crippen LogP contribution in [0.1, 0.15) is 23.6 Å². The van der Waals surface area contributed by atoms with E-state index in [1.165, 1.54) is 27.2 Å². The van der Waals surface area contributed by atoms with E-state index in [2.05, 4.69) is 20.3 Å². The Morgan fingerprint density at radius 1 is 1.00 bits per heavy atom. The van der Waals surface area contributed by atoms with Crippen LogP contribution in [0.4, 0.5) is 8.78 Å². The molecule has 0 fully saturated rings. The molecule has 2 rings (SSSR count). The molecule has 0 N–H and O–H groups in total. The second kappa shape index (κ2) is 12.9. The summed E-state index contributed by atoms with van der Waals surface area (Å²) in [5.41, 5.74) is 1.28. The SMILES string of the molecule is CO/N=C(/C(C)=N/OCc1ccccc1/C([C-]=O)=N\OC)c1ccc(F)cc1F.[Y]. The van der Waals surface area contributed by atoms with Crippen molar-refractivity contribution in [2.75, 3.05) is 14.2 Å². The third kappa shape index (κ3) is 6.78. The maximum absolute atomic E-state index is 14.1. The van der Waals surface area contributed by atoms with Gasteiger partial charge in [0.2, 0.25) is 0 Å². The van der Waals surface area contributed by atoms with Crippen molar-refractivity contribution in [1.29, 1.82) is 0 Å². The number of benzene rings is 2. The maximum Gasteiger partial charge on any atom is 0.137 e. The third-order valence-corrected chi connectivity index (χ3v) is 3.68. The van der Waals surface area contributed by atoms with Gasteiger partial charge < -0.3 is 19.3 Å². The molecule has 0 bridgehead atoms. The van der Waals surface area contributed by atoms with Crippen LogP contribution < -0.4 is 0 Å². The molecule has 1 radical (unpaired) electrons. The number of hydrogen-bond acceptors (Lipinski definition) is 7. The van der Waals surface area contributed by atoms with Gasteiger partial charge in [-0.25, -0.2) is 8.78 Å². The minimum Gasteiger partial charge on any atom is -0.417 e. The normalized spacial score (nSPS) is 12.1. The van der Waals surface area contributed by atoms with Gasteiger partial charge in [0.15, 0.2) is 0 Å². The minimum atomic E-state index is -0.817. The molecule has 10 heteroatoms. The summed E-state index contributed by atoms with van der Waals surface area (Å²) in [5.74, 6) is -1.53. The summed E-state index contributed by atoms with van der Waals surface area (Å²) in [4.78, 5) is 25.8. The van der Waals surface area contributed by atoms with E-state index in [-0.39, 0.29) is 62.0 Å². The van der Waals surface area contributed by atoms with Crippen LogP contribution in [0.5, 0.6) is 0 Å². The summed E-state index contributed by atoms with van der Waals surface area (Å²) in [5, 5.41) is 11.3. The molecule has 0 aliphatic rings. The van der Waals surface area contributed by atoms with E-state index in [0.717, 1.165) is 12.1 Å². The van der Waals surface area contributed by atoms with Crippen LogP contribution in [-0.2, 0) is 58.6 Å². The van der Waals surface area contributed by atoms with E-state index < -0.39 is 11.6 Å².